The number of hydrogen-bond donors (Lipinski definition) is 1. The summed E-state index contributed by atoms with van der Waals surface area (Å²) in [5, 5.41) is 10.4. The van der Waals surface area contributed by atoms with Gasteiger partial charge in [0, 0.05) is 0 Å². The molecule has 0 radical (unpaired) electrons. The van der Waals surface area contributed by atoms with Crippen molar-refractivity contribution in [2.45, 2.75) is 17.4 Å². The Morgan fingerprint density at radius 1 is 1.14 bits per heavy atom. The zero-order valence-corrected chi connectivity index (χ0v) is 13.1. The Bertz CT molecular complexity index is 732. The van der Waals surface area contributed by atoms with Crippen molar-refractivity contribution in [3.05, 3.63) is 72.3 Å². The van der Waals surface area contributed by atoms with Gasteiger partial charge >= 0.3 is 0 Å². The van der Waals surface area contributed by atoms with Gasteiger partial charge in [-0.05, 0) is 30.2 Å². The van der Waals surface area contributed by atoms with Crippen LogP contribution in [0.3, 0.4) is 0 Å². The number of rotatable bonds is 6. The molecule has 0 heterocycles. The molecule has 0 saturated heterocycles. The van der Waals surface area contributed by atoms with Crippen molar-refractivity contribution >= 4 is 16.2 Å². The minimum Gasteiger partial charge on any atom is -0.383 e. The maximum absolute atomic E-state index is 12.2. The average Bonchev–Trinajstić information content (AvgIpc) is 2.54. The molecule has 0 bridgehead atoms. The lowest BCUT2D eigenvalue weighted by molar-refractivity contribution is 0.00975. The van der Waals surface area contributed by atoms with E-state index in [1.165, 1.54) is 19.1 Å². The standard InChI is InChI=1S/C17H18O4S/c1-3-14-9-11-16(12-10-14)22(19,20)21-13-17(2,18)15-7-5-4-6-8-15/h3-12,18H,1,13H2,2H3. The lowest BCUT2D eigenvalue weighted by Crippen LogP contribution is -2.29. The van der Waals surface area contributed by atoms with Crippen LogP contribution in [0.15, 0.2) is 66.1 Å². The molecule has 4 nitrogen and oxygen atoms in total. The maximum atomic E-state index is 12.2. The third kappa shape index (κ3) is 3.82. The molecule has 0 fully saturated rings. The Kier molecular flexibility index (Phi) is 4.81. The zero-order chi connectivity index (χ0) is 16.2. The van der Waals surface area contributed by atoms with E-state index in [0.717, 1.165) is 5.56 Å². The van der Waals surface area contributed by atoms with Crippen molar-refractivity contribution in [2.24, 2.45) is 0 Å². The molecule has 22 heavy (non-hydrogen) atoms. The molecule has 0 aliphatic rings. The summed E-state index contributed by atoms with van der Waals surface area (Å²) >= 11 is 0. The van der Waals surface area contributed by atoms with Crippen LogP contribution in [-0.2, 0) is 19.9 Å². The Morgan fingerprint density at radius 2 is 1.73 bits per heavy atom. The first-order chi connectivity index (χ1) is 10.3. The summed E-state index contributed by atoms with van der Waals surface area (Å²) in [6.45, 7) is 4.77. The number of hydrogen-bond acceptors (Lipinski definition) is 4. The minimum absolute atomic E-state index is 0.0435. The summed E-state index contributed by atoms with van der Waals surface area (Å²) in [5.41, 5.74) is 0.0116. The second kappa shape index (κ2) is 6.44. The largest absolute Gasteiger partial charge is 0.383 e. The highest BCUT2D eigenvalue weighted by Gasteiger charge is 2.27. The van der Waals surface area contributed by atoms with Crippen LogP contribution in [0.25, 0.3) is 6.08 Å². The third-order valence-electron chi connectivity index (χ3n) is 3.30. The van der Waals surface area contributed by atoms with Gasteiger partial charge in [0.15, 0.2) is 0 Å². The van der Waals surface area contributed by atoms with Gasteiger partial charge in [-0.2, -0.15) is 8.42 Å². The van der Waals surface area contributed by atoms with Crippen LogP contribution in [0.4, 0.5) is 0 Å². The Morgan fingerprint density at radius 3 is 2.27 bits per heavy atom. The van der Waals surface area contributed by atoms with Crippen LogP contribution < -0.4 is 0 Å². The van der Waals surface area contributed by atoms with E-state index >= 15 is 0 Å². The molecule has 1 N–H and O–H groups in total. The van der Waals surface area contributed by atoms with Gasteiger partial charge in [0.1, 0.15) is 5.60 Å². The van der Waals surface area contributed by atoms with Crippen LogP contribution in [-0.4, -0.2) is 20.1 Å². The lowest BCUT2D eigenvalue weighted by Gasteiger charge is -2.23. The summed E-state index contributed by atoms with van der Waals surface area (Å²) in [7, 11) is -3.92. The maximum Gasteiger partial charge on any atom is 0.297 e. The molecular formula is C17H18O4S. The summed E-state index contributed by atoms with van der Waals surface area (Å²) in [6, 6.07) is 15.0. The normalized spacial score (nSPS) is 14.3. The van der Waals surface area contributed by atoms with Gasteiger partial charge in [0.05, 0.1) is 11.5 Å². The molecule has 0 spiro atoms. The number of aliphatic hydroxyl groups is 1. The first kappa shape index (κ1) is 16.4. The molecule has 0 saturated carbocycles. The SMILES string of the molecule is C=Cc1ccc(S(=O)(=O)OCC(C)(O)c2ccccc2)cc1. The van der Waals surface area contributed by atoms with E-state index in [-0.39, 0.29) is 11.5 Å². The van der Waals surface area contributed by atoms with Gasteiger partial charge in [-0.3, -0.25) is 4.18 Å². The molecule has 0 aliphatic heterocycles. The van der Waals surface area contributed by atoms with Crippen LogP contribution in [0.5, 0.6) is 0 Å². The first-order valence-corrected chi connectivity index (χ1v) is 8.16. The lowest BCUT2D eigenvalue weighted by atomic mass is 9.97. The summed E-state index contributed by atoms with van der Waals surface area (Å²) in [6.07, 6.45) is 1.62. The molecule has 5 heteroatoms. The quantitative estimate of drug-likeness (QED) is 0.832. The van der Waals surface area contributed by atoms with Crippen LogP contribution in [0.2, 0.25) is 0 Å². The van der Waals surface area contributed by atoms with Gasteiger partial charge in [0.2, 0.25) is 0 Å². The smallest absolute Gasteiger partial charge is 0.297 e. The van der Waals surface area contributed by atoms with Gasteiger partial charge in [-0.1, -0.05) is 55.1 Å². The average molecular weight is 318 g/mol. The zero-order valence-electron chi connectivity index (χ0n) is 12.3. The fourth-order valence-electron chi connectivity index (χ4n) is 1.91. The predicted molar refractivity (Wildman–Crippen MR) is 85.7 cm³/mol. The molecule has 2 rings (SSSR count). The Hall–Kier alpha value is -1.95. The molecule has 2 aromatic carbocycles. The van der Waals surface area contributed by atoms with E-state index in [2.05, 4.69) is 6.58 Å². The fourth-order valence-corrected chi connectivity index (χ4v) is 2.90. The third-order valence-corrected chi connectivity index (χ3v) is 4.57. The molecule has 0 aromatic heterocycles. The van der Waals surface area contributed by atoms with Gasteiger partial charge in [0.25, 0.3) is 10.1 Å². The van der Waals surface area contributed by atoms with E-state index < -0.39 is 15.7 Å². The molecule has 2 aromatic rings. The molecule has 116 valence electrons. The van der Waals surface area contributed by atoms with Crippen molar-refractivity contribution in [1.82, 2.24) is 0 Å². The van der Waals surface area contributed by atoms with E-state index in [9.17, 15) is 13.5 Å². The van der Waals surface area contributed by atoms with E-state index in [1.807, 2.05) is 6.07 Å². The Labute approximate surface area is 130 Å². The second-order valence-corrected chi connectivity index (χ2v) is 6.74. The van der Waals surface area contributed by atoms with Gasteiger partial charge < -0.3 is 5.11 Å². The van der Waals surface area contributed by atoms with Gasteiger partial charge in [-0.25, -0.2) is 0 Å². The van der Waals surface area contributed by atoms with E-state index in [1.54, 1.807) is 42.5 Å². The number of benzene rings is 2. The monoisotopic (exact) mass is 318 g/mol. The first-order valence-electron chi connectivity index (χ1n) is 6.75. The van der Waals surface area contributed by atoms with E-state index in [4.69, 9.17) is 4.18 Å². The molecule has 0 amide bonds. The van der Waals surface area contributed by atoms with Crippen molar-refractivity contribution < 1.29 is 17.7 Å². The van der Waals surface area contributed by atoms with Crippen LogP contribution in [0.1, 0.15) is 18.1 Å². The Balaban J connectivity index is 2.13. The summed E-state index contributed by atoms with van der Waals surface area (Å²) < 4.78 is 29.3. The van der Waals surface area contributed by atoms with Crippen molar-refractivity contribution in [2.75, 3.05) is 6.61 Å². The molecular weight excluding hydrogens is 300 g/mol. The van der Waals surface area contributed by atoms with Crippen LogP contribution in [0, 0.1) is 0 Å². The van der Waals surface area contributed by atoms with Crippen molar-refractivity contribution in [1.29, 1.82) is 0 Å². The molecule has 0 aliphatic carbocycles. The molecule has 1 atom stereocenters. The van der Waals surface area contributed by atoms with Crippen molar-refractivity contribution in [3.63, 3.8) is 0 Å². The van der Waals surface area contributed by atoms with Crippen molar-refractivity contribution in [3.8, 4) is 0 Å². The second-order valence-electron chi connectivity index (χ2n) is 5.13. The molecule has 1 unspecified atom stereocenters. The highest BCUT2D eigenvalue weighted by atomic mass is 32.2. The predicted octanol–water partition coefficient (Wildman–Crippen LogP) is 2.94. The topological polar surface area (TPSA) is 63.6 Å². The highest BCUT2D eigenvalue weighted by Crippen LogP contribution is 2.23. The minimum atomic E-state index is -3.92. The summed E-state index contributed by atoms with van der Waals surface area (Å²) in [5.74, 6) is 0. The highest BCUT2D eigenvalue weighted by molar-refractivity contribution is 7.86. The van der Waals surface area contributed by atoms with Gasteiger partial charge in [-0.15, -0.1) is 0 Å². The summed E-state index contributed by atoms with van der Waals surface area (Å²) in [4.78, 5) is 0.0435. The fraction of sp³-hybridized carbons (Fsp3) is 0.176. The van der Waals surface area contributed by atoms with E-state index in [0.29, 0.717) is 5.56 Å². The van der Waals surface area contributed by atoms with Crippen LogP contribution >= 0.6 is 0 Å².